The molecule has 4 aromatic carbocycles. The minimum absolute atomic E-state index is 0.00505. The Labute approximate surface area is 453 Å². The molecule has 4 aromatic rings. The smallest absolute Gasteiger partial charge is 0.336 e. The molecule has 15 heteroatoms. The van der Waals surface area contributed by atoms with Crippen LogP contribution in [-0.2, 0) is 12.8 Å². The van der Waals surface area contributed by atoms with Gasteiger partial charge in [-0.3, -0.25) is 19.3 Å². The van der Waals surface area contributed by atoms with Gasteiger partial charge in [0.1, 0.15) is 32.0 Å². The molecule has 4 N–H and O–H groups in total. The molecule has 76 heavy (non-hydrogen) atoms. The van der Waals surface area contributed by atoms with Crippen molar-refractivity contribution in [3.05, 3.63) is 118 Å². The number of hydrogen-bond donors (Lipinski definition) is 3. The number of amides is 1. The Morgan fingerprint density at radius 2 is 1.09 bits per heavy atom. The number of fused-ring (bicyclic) bond motifs is 2. The van der Waals surface area contributed by atoms with Gasteiger partial charge in [-0.1, -0.05) is 107 Å². The lowest BCUT2D eigenvalue weighted by atomic mass is 9.87. The van der Waals surface area contributed by atoms with Gasteiger partial charge in [0.2, 0.25) is 0 Å². The predicted molar refractivity (Wildman–Crippen MR) is 302 cm³/mol. The van der Waals surface area contributed by atoms with Crippen LogP contribution in [0.4, 0.5) is 0 Å². The fourth-order valence-corrected chi connectivity index (χ4v) is 10.1. The Morgan fingerprint density at radius 3 is 1.53 bits per heavy atom. The first-order valence-electron chi connectivity index (χ1n) is 27.6. The first kappa shape index (κ1) is 62.4. The molecule has 8 rings (SSSR count). The number of carboxylic acids is 1. The van der Waals surface area contributed by atoms with Crippen LogP contribution in [0.5, 0.6) is 23.0 Å². The lowest BCUT2D eigenvalue weighted by Gasteiger charge is -2.30. The normalized spacial score (nSPS) is 15.6. The zero-order valence-corrected chi connectivity index (χ0v) is 47.3. The van der Waals surface area contributed by atoms with E-state index in [9.17, 15) is 19.2 Å². The van der Waals surface area contributed by atoms with Crippen molar-refractivity contribution in [2.75, 3.05) is 66.7 Å². The fourth-order valence-electron chi connectivity index (χ4n) is 10.1. The summed E-state index contributed by atoms with van der Waals surface area (Å²) in [5.41, 5.74) is 8.44. The molecule has 0 atom stereocenters. The number of rotatable bonds is 17. The SMILES string of the molecule is CCN(C(C)C)C(C)C.CCN=NCCCN(C)C.CCc1c(C(=O)NC2(C(=O)c3ccccc3)CCCC2)ccc2c1OCCO2.CCc1c(C(=O)O)ccc2c1OCCO2.NC1(C(=O)c2ccccc2)CCCC1. The van der Waals surface area contributed by atoms with E-state index in [1.807, 2.05) is 81.4 Å². The van der Waals surface area contributed by atoms with Gasteiger partial charge in [0.15, 0.2) is 34.6 Å². The second kappa shape index (κ2) is 31.8. The number of hydrogen-bond acceptors (Lipinski definition) is 13. The lowest BCUT2D eigenvalue weighted by Crippen LogP contribution is -2.52. The van der Waals surface area contributed by atoms with Gasteiger partial charge in [0.05, 0.1) is 24.2 Å². The van der Waals surface area contributed by atoms with Gasteiger partial charge in [-0.25, -0.2) is 4.79 Å². The third-order valence-corrected chi connectivity index (χ3v) is 13.9. The summed E-state index contributed by atoms with van der Waals surface area (Å²) < 4.78 is 22.2. The number of azo groups is 1. The molecule has 2 aliphatic heterocycles. The Hall–Kier alpha value is -6.16. The zero-order chi connectivity index (χ0) is 55.7. The van der Waals surface area contributed by atoms with Crippen LogP contribution in [0.25, 0.3) is 0 Å². The van der Waals surface area contributed by atoms with E-state index in [0.717, 1.165) is 82.3 Å². The number of Topliss-reactive ketones (excluding diaryl/α,β-unsaturated/α-hetero) is 2. The molecule has 15 nitrogen and oxygen atoms in total. The summed E-state index contributed by atoms with van der Waals surface area (Å²) in [5, 5.41) is 19.9. The van der Waals surface area contributed by atoms with Crippen molar-refractivity contribution >= 4 is 23.4 Å². The number of nitrogens with one attached hydrogen (secondary N) is 1. The molecule has 2 aliphatic carbocycles. The summed E-state index contributed by atoms with van der Waals surface area (Å²) in [6.45, 7) is 23.0. The minimum Gasteiger partial charge on any atom is -0.486 e. The first-order valence-corrected chi connectivity index (χ1v) is 27.6. The lowest BCUT2D eigenvalue weighted by molar-refractivity contribution is 0.0693. The average molecular weight is 1050 g/mol. The average Bonchev–Trinajstić information content (AvgIpc) is 4.11. The standard InChI is InChI=1S/C23H25NO4.C12H15NO.C11H12O4.C8H19N.C7H17N3/c1-2-17-18(10-11-19-20(17)28-15-14-27-19)22(26)24-23(12-6-7-13-23)21(25)16-8-4-3-5-9-16;13-12(8-4-5-9-12)11(14)10-6-2-1-3-7-10;1-2-7-8(11(12)13)3-4-9-10(7)15-6-5-14-9;1-6-9(7(2)3)8(4)5;1-4-8-9-6-5-7-10(2)3/h3-5,8-11H,2,6-7,12-15H2,1H3,(H,24,26);1-3,6-7H,4-5,8-9,13H2;3-4H,2,5-6H2,1H3,(H,12,13);7-8H,6H2,1-5H3;4-7H2,1-3H3. The molecule has 0 bridgehead atoms. The van der Waals surface area contributed by atoms with Crippen LogP contribution < -0.4 is 30.0 Å². The summed E-state index contributed by atoms with van der Waals surface area (Å²) in [6.07, 6.45) is 9.39. The fraction of sp³-hybridized carbons (Fsp3) is 0.541. The van der Waals surface area contributed by atoms with Crippen LogP contribution >= 0.6 is 0 Å². The quantitative estimate of drug-likeness (QED) is 0.0515. The zero-order valence-electron chi connectivity index (χ0n) is 47.3. The van der Waals surface area contributed by atoms with Gasteiger partial charge in [-0.15, -0.1) is 0 Å². The van der Waals surface area contributed by atoms with Crippen molar-refractivity contribution in [3.63, 3.8) is 0 Å². The molecule has 0 spiro atoms. The maximum atomic E-state index is 13.3. The highest BCUT2D eigenvalue weighted by Crippen LogP contribution is 2.39. The van der Waals surface area contributed by atoms with Crippen molar-refractivity contribution in [1.82, 2.24) is 15.1 Å². The summed E-state index contributed by atoms with van der Waals surface area (Å²) in [4.78, 5) is 54.1. The Bertz CT molecular complexity index is 2440. The van der Waals surface area contributed by atoms with Crippen molar-refractivity contribution in [2.24, 2.45) is 16.0 Å². The maximum Gasteiger partial charge on any atom is 0.336 e. The van der Waals surface area contributed by atoms with Crippen molar-refractivity contribution in [1.29, 1.82) is 0 Å². The van der Waals surface area contributed by atoms with E-state index in [1.54, 1.807) is 24.3 Å². The highest BCUT2D eigenvalue weighted by atomic mass is 16.6. The van der Waals surface area contributed by atoms with E-state index >= 15 is 0 Å². The monoisotopic (exact) mass is 1050 g/mol. The Balaban J connectivity index is 0.000000222. The highest BCUT2D eigenvalue weighted by molar-refractivity contribution is 6.08. The van der Waals surface area contributed by atoms with Gasteiger partial charge >= 0.3 is 5.97 Å². The van der Waals surface area contributed by atoms with Gasteiger partial charge in [0.25, 0.3) is 5.91 Å². The number of ketones is 2. The largest absolute Gasteiger partial charge is 0.486 e. The molecular weight excluding hydrogens is 961 g/mol. The highest BCUT2D eigenvalue weighted by Gasteiger charge is 2.43. The van der Waals surface area contributed by atoms with Gasteiger partial charge in [-0.05, 0) is 131 Å². The molecule has 1 amide bonds. The third-order valence-electron chi connectivity index (χ3n) is 13.9. The molecule has 0 aromatic heterocycles. The molecule has 0 radical (unpaired) electrons. The summed E-state index contributed by atoms with van der Waals surface area (Å²) >= 11 is 0. The van der Waals surface area contributed by atoms with Crippen LogP contribution in [-0.4, -0.2) is 128 Å². The number of benzene rings is 4. The molecule has 416 valence electrons. The van der Waals surface area contributed by atoms with Crippen molar-refractivity contribution in [2.45, 2.75) is 149 Å². The molecule has 2 saturated carbocycles. The number of nitrogens with two attached hydrogens (primary N) is 1. The van der Waals surface area contributed by atoms with Gasteiger partial charge in [-0.2, -0.15) is 10.2 Å². The molecule has 2 fully saturated rings. The van der Waals surface area contributed by atoms with Gasteiger partial charge in [0, 0.05) is 39.9 Å². The van der Waals surface area contributed by atoms with Crippen LogP contribution in [0.2, 0.25) is 0 Å². The minimum atomic E-state index is -0.927. The van der Waals surface area contributed by atoms with Crippen LogP contribution in [0, 0.1) is 0 Å². The van der Waals surface area contributed by atoms with Crippen molar-refractivity contribution in [3.8, 4) is 23.0 Å². The summed E-state index contributed by atoms with van der Waals surface area (Å²) in [6, 6.07) is 26.7. The first-order chi connectivity index (χ1) is 36.5. The van der Waals surface area contributed by atoms with Crippen LogP contribution in [0.3, 0.4) is 0 Å². The number of carbonyl (C=O) groups excluding carboxylic acids is 3. The molecule has 0 saturated heterocycles. The number of aromatic carboxylic acids is 1. The maximum absolute atomic E-state index is 13.3. The number of carbonyl (C=O) groups is 4. The molecule has 0 unspecified atom stereocenters. The van der Waals surface area contributed by atoms with E-state index < -0.39 is 17.0 Å². The van der Waals surface area contributed by atoms with Crippen molar-refractivity contribution < 1.29 is 43.2 Å². The van der Waals surface area contributed by atoms with E-state index in [1.165, 1.54) is 0 Å². The van der Waals surface area contributed by atoms with Crippen LogP contribution in [0.15, 0.2) is 95.2 Å². The third kappa shape index (κ3) is 18.0. The molecule has 4 aliphatic rings. The Kier molecular flexibility index (Phi) is 26.1. The second-order valence-corrected chi connectivity index (χ2v) is 20.2. The predicted octanol–water partition coefficient (Wildman–Crippen LogP) is 11.3. The van der Waals surface area contributed by atoms with E-state index in [2.05, 4.69) is 74.1 Å². The Morgan fingerprint density at radius 1 is 0.632 bits per heavy atom. The molecular formula is C61H88N6O9. The summed E-state index contributed by atoms with van der Waals surface area (Å²) in [7, 11) is 4.13. The second-order valence-electron chi connectivity index (χ2n) is 20.2. The van der Waals surface area contributed by atoms with E-state index in [4.69, 9.17) is 29.8 Å². The molecule has 2 heterocycles. The number of carboxylic acid groups (broad SMARTS) is 1. The van der Waals surface area contributed by atoms with E-state index in [0.29, 0.717) is 109 Å². The van der Waals surface area contributed by atoms with Crippen LogP contribution in [0.1, 0.15) is 166 Å². The van der Waals surface area contributed by atoms with E-state index in [-0.39, 0.29) is 17.5 Å². The van der Waals surface area contributed by atoms with Gasteiger partial charge < -0.3 is 40.0 Å². The number of nitrogens with zero attached hydrogens (tertiary/aromatic N) is 4. The summed E-state index contributed by atoms with van der Waals surface area (Å²) in [5.74, 6) is 1.51. The number of ether oxygens (including phenoxy) is 4. The topological polar surface area (TPSA) is 195 Å².